The Morgan fingerprint density at radius 3 is 2.46 bits per heavy atom. The van der Waals surface area contributed by atoms with E-state index < -0.39 is 54.5 Å². The van der Waals surface area contributed by atoms with Crippen molar-refractivity contribution < 1.29 is 33.4 Å². The molecule has 1 aliphatic carbocycles. The molecule has 4 amide bonds. The van der Waals surface area contributed by atoms with Crippen molar-refractivity contribution in [1.29, 1.82) is 0 Å². The summed E-state index contributed by atoms with van der Waals surface area (Å²) in [5.74, 6) is -2.74. The molecule has 0 bridgehead atoms. The lowest BCUT2D eigenvalue weighted by molar-refractivity contribution is -0.152. The van der Waals surface area contributed by atoms with E-state index in [2.05, 4.69) is 15.4 Å². The minimum atomic E-state index is -0.904. The van der Waals surface area contributed by atoms with E-state index in [4.69, 9.17) is 4.74 Å². The van der Waals surface area contributed by atoms with E-state index >= 15 is 0 Å². The zero-order chi connectivity index (χ0) is 20.9. The second-order valence-corrected chi connectivity index (χ2v) is 7.23. The molecule has 1 heterocycles. The quantitative estimate of drug-likeness (QED) is 0.438. The van der Waals surface area contributed by atoms with Crippen LogP contribution in [0.4, 0.5) is 4.79 Å². The third kappa shape index (κ3) is 4.60. The Labute approximate surface area is 163 Å². The molecule has 1 spiro atoms. The fourth-order valence-corrected chi connectivity index (χ4v) is 3.47. The highest BCUT2D eigenvalue weighted by Gasteiger charge is 2.52. The first kappa shape index (κ1) is 21.6. The zero-order valence-electron chi connectivity index (χ0n) is 16.4. The number of carbonyl (C=O) groups is 5. The van der Waals surface area contributed by atoms with Crippen LogP contribution in [0.1, 0.15) is 46.0 Å². The van der Waals surface area contributed by atoms with Crippen molar-refractivity contribution in [2.75, 3.05) is 20.3 Å². The standard InChI is InChI=1S/C18H27N3O7/c1-4-11(2)14(15(24)27-3)19-12(22)10-28-13(23)9-21-16(25)18(20-17(21)26)7-5-6-8-18/h11,14H,4-10H2,1-3H3,(H,19,22)(H,20,26)/t11-,14-/m1/s1. The number of nitrogens with zero attached hydrogens (tertiary/aromatic N) is 1. The molecule has 0 radical (unpaired) electrons. The summed E-state index contributed by atoms with van der Waals surface area (Å²) in [4.78, 5) is 61.1. The van der Waals surface area contributed by atoms with Gasteiger partial charge in [0, 0.05) is 0 Å². The van der Waals surface area contributed by atoms with Crippen LogP contribution in [0.5, 0.6) is 0 Å². The largest absolute Gasteiger partial charge is 0.467 e. The first-order valence-electron chi connectivity index (χ1n) is 9.41. The normalized spacial score (nSPS) is 19.9. The molecular formula is C18H27N3O7. The van der Waals surface area contributed by atoms with E-state index in [-0.39, 0.29) is 5.92 Å². The van der Waals surface area contributed by atoms with Gasteiger partial charge in [-0.1, -0.05) is 33.1 Å². The molecule has 10 nitrogen and oxygen atoms in total. The molecule has 2 atom stereocenters. The van der Waals surface area contributed by atoms with Crippen molar-refractivity contribution in [2.24, 2.45) is 5.92 Å². The lowest BCUT2D eigenvalue weighted by atomic mass is 9.98. The van der Waals surface area contributed by atoms with Gasteiger partial charge < -0.3 is 20.1 Å². The minimum absolute atomic E-state index is 0.166. The third-order valence-electron chi connectivity index (χ3n) is 5.34. The van der Waals surface area contributed by atoms with Gasteiger partial charge in [-0.3, -0.25) is 19.3 Å². The van der Waals surface area contributed by atoms with Gasteiger partial charge >= 0.3 is 18.0 Å². The van der Waals surface area contributed by atoms with Crippen LogP contribution in [0.2, 0.25) is 0 Å². The van der Waals surface area contributed by atoms with Gasteiger partial charge in [0.05, 0.1) is 7.11 Å². The summed E-state index contributed by atoms with van der Waals surface area (Å²) in [6, 6.07) is -1.48. The lowest BCUT2D eigenvalue weighted by Crippen LogP contribution is -2.47. The number of carbonyl (C=O) groups excluding carboxylic acids is 5. The van der Waals surface area contributed by atoms with Gasteiger partial charge in [-0.15, -0.1) is 0 Å². The Balaban J connectivity index is 1.85. The predicted octanol–water partition coefficient (Wildman–Crippen LogP) is 0.0981. The number of hydrogen-bond acceptors (Lipinski definition) is 7. The van der Waals surface area contributed by atoms with E-state index in [9.17, 15) is 24.0 Å². The first-order chi connectivity index (χ1) is 13.2. The van der Waals surface area contributed by atoms with Crippen molar-refractivity contribution in [2.45, 2.75) is 57.5 Å². The smallest absolute Gasteiger partial charge is 0.328 e. The average Bonchev–Trinajstić information content (AvgIpc) is 3.24. The van der Waals surface area contributed by atoms with Crippen LogP contribution in [0.3, 0.4) is 0 Å². The Bertz CT molecular complexity index is 658. The molecule has 1 saturated heterocycles. The van der Waals surface area contributed by atoms with Crippen LogP contribution < -0.4 is 10.6 Å². The molecule has 2 rings (SSSR count). The van der Waals surface area contributed by atoms with E-state index in [0.717, 1.165) is 17.7 Å². The highest BCUT2D eigenvalue weighted by Crippen LogP contribution is 2.34. The molecule has 1 saturated carbocycles. The van der Waals surface area contributed by atoms with Crippen LogP contribution in [-0.4, -0.2) is 66.5 Å². The number of urea groups is 1. The first-order valence-corrected chi connectivity index (χ1v) is 9.41. The average molecular weight is 397 g/mol. The summed E-state index contributed by atoms with van der Waals surface area (Å²) in [5, 5.41) is 5.14. The Morgan fingerprint density at radius 1 is 1.25 bits per heavy atom. The van der Waals surface area contributed by atoms with Crippen molar-refractivity contribution in [3.05, 3.63) is 0 Å². The molecule has 0 unspecified atom stereocenters. The van der Waals surface area contributed by atoms with Crippen LogP contribution in [-0.2, 0) is 28.7 Å². The molecule has 0 aromatic heterocycles. The second-order valence-electron chi connectivity index (χ2n) is 7.23. The molecule has 2 aliphatic rings. The zero-order valence-corrected chi connectivity index (χ0v) is 16.4. The van der Waals surface area contributed by atoms with E-state index in [0.29, 0.717) is 19.3 Å². The summed E-state index contributed by atoms with van der Waals surface area (Å²) >= 11 is 0. The number of amides is 4. The topological polar surface area (TPSA) is 131 Å². The highest BCUT2D eigenvalue weighted by atomic mass is 16.5. The van der Waals surface area contributed by atoms with Crippen LogP contribution >= 0.6 is 0 Å². The number of methoxy groups -OCH3 is 1. The number of hydrogen-bond donors (Lipinski definition) is 2. The van der Waals surface area contributed by atoms with Gasteiger partial charge in [-0.2, -0.15) is 0 Å². The summed E-state index contributed by atoms with van der Waals surface area (Å²) < 4.78 is 9.53. The summed E-state index contributed by atoms with van der Waals surface area (Å²) in [7, 11) is 1.22. The van der Waals surface area contributed by atoms with Crippen molar-refractivity contribution in [1.82, 2.24) is 15.5 Å². The van der Waals surface area contributed by atoms with Gasteiger partial charge in [0.15, 0.2) is 6.61 Å². The van der Waals surface area contributed by atoms with Gasteiger partial charge in [0.1, 0.15) is 18.1 Å². The highest BCUT2D eigenvalue weighted by molar-refractivity contribution is 6.08. The van der Waals surface area contributed by atoms with Crippen LogP contribution in [0.25, 0.3) is 0 Å². The van der Waals surface area contributed by atoms with Gasteiger partial charge in [0.2, 0.25) is 0 Å². The predicted molar refractivity (Wildman–Crippen MR) is 95.8 cm³/mol. The SMILES string of the molecule is CC[C@@H](C)[C@@H](NC(=O)COC(=O)CN1C(=O)NC2(CCCC2)C1=O)C(=O)OC. The maximum absolute atomic E-state index is 12.5. The Morgan fingerprint density at radius 2 is 1.89 bits per heavy atom. The molecule has 0 aromatic rings. The fourth-order valence-electron chi connectivity index (χ4n) is 3.47. The third-order valence-corrected chi connectivity index (χ3v) is 5.34. The van der Waals surface area contributed by atoms with Crippen molar-refractivity contribution >= 4 is 29.8 Å². The van der Waals surface area contributed by atoms with Gasteiger partial charge in [-0.05, 0) is 18.8 Å². The molecular weight excluding hydrogens is 370 g/mol. The molecule has 2 N–H and O–H groups in total. The Hall–Kier alpha value is -2.65. The lowest BCUT2D eigenvalue weighted by Gasteiger charge is -2.22. The molecule has 10 heteroatoms. The summed E-state index contributed by atoms with van der Waals surface area (Å²) in [5.41, 5.74) is -0.904. The molecule has 2 fully saturated rings. The molecule has 28 heavy (non-hydrogen) atoms. The number of rotatable bonds is 8. The maximum atomic E-state index is 12.5. The molecule has 1 aliphatic heterocycles. The van der Waals surface area contributed by atoms with Crippen molar-refractivity contribution in [3.63, 3.8) is 0 Å². The van der Waals surface area contributed by atoms with E-state index in [1.165, 1.54) is 7.11 Å². The fraction of sp³-hybridized carbons (Fsp3) is 0.722. The molecule has 0 aromatic carbocycles. The summed E-state index contributed by atoms with van der Waals surface area (Å²) in [6.45, 7) is 2.45. The number of ether oxygens (including phenoxy) is 2. The van der Waals surface area contributed by atoms with Gasteiger partial charge in [0.25, 0.3) is 11.8 Å². The van der Waals surface area contributed by atoms with E-state index in [1.54, 1.807) is 6.92 Å². The van der Waals surface area contributed by atoms with Crippen LogP contribution in [0.15, 0.2) is 0 Å². The van der Waals surface area contributed by atoms with E-state index in [1.807, 2.05) is 6.92 Å². The number of nitrogens with one attached hydrogen (secondary N) is 2. The molecule has 156 valence electrons. The second kappa shape index (κ2) is 9.03. The minimum Gasteiger partial charge on any atom is -0.467 e. The maximum Gasteiger partial charge on any atom is 0.328 e. The number of imide groups is 1. The van der Waals surface area contributed by atoms with Crippen LogP contribution in [0, 0.1) is 5.92 Å². The Kier molecular flexibility index (Phi) is 6.98. The number of esters is 2. The van der Waals surface area contributed by atoms with Gasteiger partial charge in [-0.25, -0.2) is 9.59 Å². The summed E-state index contributed by atoms with van der Waals surface area (Å²) in [6.07, 6.45) is 3.41. The monoisotopic (exact) mass is 397 g/mol. The van der Waals surface area contributed by atoms with Crippen molar-refractivity contribution in [3.8, 4) is 0 Å².